The molecule has 5 aromatic rings. The Bertz CT molecular complexity index is 2030. The van der Waals surface area contributed by atoms with Gasteiger partial charge in [0.2, 0.25) is 0 Å². The number of allylic oxidation sites excluding steroid dienone is 2. The molecule has 0 fully saturated rings. The normalized spacial score (nSPS) is 14.2. The first-order valence-electron chi connectivity index (χ1n) is 13.0. The molecule has 4 nitrogen and oxygen atoms in total. The minimum Gasteiger partial charge on any atom is -0.288 e. The van der Waals surface area contributed by atoms with Gasteiger partial charge in [0.1, 0.15) is 0 Å². The number of ketones is 4. The summed E-state index contributed by atoms with van der Waals surface area (Å²) in [4.78, 5) is 57.0. The fourth-order valence-corrected chi connectivity index (χ4v) is 9.45. The van der Waals surface area contributed by atoms with E-state index in [-0.39, 0.29) is 34.3 Å². The minimum atomic E-state index is -0.247. The van der Waals surface area contributed by atoms with Crippen LogP contribution < -0.4 is 0 Å². The van der Waals surface area contributed by atoms with E-state index in [1.807, 2.05) is 32.0 Å². The third-order valence-corrected chi connectivity index (χ3v) is 11.6. The van der Waals surface area contributed by atoms with Crippen LogP contribution in [0.3, 0.4) is 0 Å². The maximum Gasteiger partial charge on any atom is 0.197 e. The smallest absolute Gasteiger partial charge is 0.197 e. The molecule has 3 heterocycles. The zero-order valence-electron chi connectivity index (χ0n) is 22.2. The highest BCUT2D eigenvalue weighted by Crippen LogP contribution is 2.48. The van der Waals surface area contributed by atoms with Crippen LogP contribution >= 0.6 is 45.6 Å². The minimum absolute atomic E-state index is 0.181. The lowest BCUT2D eigenvalue weighted by molar-refractivity contribution is 0.0975. The van der Waals surface area contributed by atoms with Crippen molar-refractivity contribution in [3.05, 3.63) is 126 Å². The lowest BCUT2D eigenvalue weighted by Gasteiger charge is -1.96. The van der Waals surface area contributed by atoms with E-state index in [4.69, 9.17) is 11.6 Å². The summed E-state index contributed by atoms with van der Waals surface area (Å²) < 4.78 is 0. The van der Waals surface area contributed by atoms with Crippen molar-refractivity contribution < 1.29 is 19.2 Å². The van der Waals surface area contributed by atoms with E-state index in [9.17, 15) is 19.2 Å². The van der Waals surface area contributed by atoms with Crippen molar-refractivity contribution in [1.29, 1.82) is 0 Å². The molecule has 0 saturated carbocycles. The van der Waals surface area contributed by atoms with Crippen LogP contribution in [0.25, 0.3) is 31.7 Å². The van der Waals surface area contributed by atoms with E-state index in [1.165, 1.54) is 22.7 Å². The fraction of sp³-hybridized carbons (Fsp3) is 0.0588. The Balaban J connectivity index is 1.20. The Morgan fingerprint density at radius 3 is 1.40 bits per heavy atom. The molecule has 0 spiro atoms. The van der Waals surface area contributed by atoms with Gasteiger partial charge in [0, 0.05) is 46.6 Å². The van der Waals surface area contributed by atoms with E-state index >= 15 is 0 Å². The van der Waals surface area contributed by atoms with E-state index in [2.05, 4.69) is 0 Å². The quantitative estimate of drug-likeness (QED) is 0.148. The molecule has 0 unspecified atom stereocenters. The van der Waals surface area contributed by atoms with Gasteiger partial charge in [-0.1, -0.05) is 60.1 Å². The Kier molecular flexibility index (Phi) is 6.44. The molecule has 2 aliphatic rings. The number of thiophene rings is 3. The highest BCUT2D eigenvalue weighted by molar-refractivity contribution is 7.27. The lowest BCUT2D eigenvalue weighted by Crippen LogP contribution is -1.99. The highest BCUT2D eigenvalue weighted by atomic mass is 35.5. The molecular weight excluding hydrogens is 604 g/mol. The highest BCUT2D eigenvalue weighted by Gasteiger charge is 2.34. The van der Waals surface area contributed by atoms with Crippen molar-refractivity contribution in [3.63, 3.8) is 0 Å². The number of benzene rings is 2. The van der Waals surface area contributed by atoms with Crippen LogP contribution in [-0.4, -0.2) is 23.1 Å². The average molecular weight is 623 g/mol. The number of fused-ring (bicyclic) bond motifs is 2. The summed E-state index contributed by atoms with van der Waals surface area (Å²) >= 11 is 11.3. The summed E-state index contributed by atoms with van der Waals surface area (Å²) in [6.45, 7) is 3.99. The van der Waals surface area contributed by atoms with Gasteiger partial charge in [0.05, 0.1) is 21.0 Å². The lowest BCUT2D eigenvalue weighted by atomic mass is 10.1. The van der Waals surface area contributed by atoms with Crippen LogP contribution in [0.1, 0.15) is 62.3 Å². The number of hydrogen-bond acceptors (Lipinski definition) is 7. The maximum absolute atomic E-state index is 12.9. The van der Waals surface area contributed by atoms with Crippen LogP contribution in [0.5, 0.6) is 0 Å². The zero-order valence-corrected chi connectivity index (χ0v) is 25.4. The Morgan fingerprint density at radius 1 is 0.548 bits per heavy atom. The van der Waals surface area contributed by atoms with Crippen molar-refractivity contribution in [3.8, 4) is 19.5 Å². The van der Waals surface area contributed by atoms with Crippen LogP contribution in [0.15, 0.2) is 77.9 Å². The monoisotopic (exact) mass is 622 g/mol. The van der Waals surface area contributed by atoms with Gasteiger partial charge in [-0.05, 0) is 55.3 Å². The molecule has 7 rings (SSSR count). The second kappa shape index (κ2) is 10.1. The van der Waals surface area contributed by atoms with Crippen LogP contribution in [-0.2, 0) is 0 Å². The molecule has 3 aromatic heterocycles. The zero-order chi connectivity index (χ0) is 29.3. The van der Waals surface area contributed by atoms with Gasteiger partial charge in [0.15, 0.2) is 23.1 Å². The molecule has 204 valence electrons. The molecule has 0 atom stereocenters. The van der Waals surface area contributed by atoms with Gasteiger partial charge < -0.3 is 0 Å². The number of hydrogen-bond donors (Lipinski definition) is 0. The summed E-state index contributed by atoms with van der Waals surface area (Å²) in [6.07, 6.45) is 3.37. The van der Waals surface area contributed by atoms with Gasteiger partial charge >= 0.3 is 0 Å². The number of halogens is 1. The van der Waals surface area contributed by atoms with Gasteiger partial charge in [-0.15, -0.1) is 34.0 Å². The molecule has 0 saturated heterocycles. The number of Topliss-reactive ketones (excluding diaryl/α,β-unsaturated/α-hetero) is 4. The van der Waals surface area contributed by atoms with Gasteiger partial charge in [-0.25, -0.2) is 0 Å². The van der Waals surface area contributed by atoms with Crippen molar-refractivity contribution in [2.24, 2.45) is 0 Å². The molecule has 0 bridgehead atoms. The molecular formula is C34H19ClO4S3. The van der Waals surface area contributed by atoms with Crippen molar-refractivity contribution >= 4 is 80.9 Å². The first-order valence-corrected chi connectivity index (χ1v) is 15.8. The van der Waals surface area contributed by atoms with Crippen molar-refractivity contribution in [2.75, 3.05) is 0 Å². The predicted molar refractivity (Wildman–Crippen MR) is 172 cm³/mol. The summed E-state index contributed by atoms with van der Waals surface area (Å²) in [6, 6.07) is 19.7. The van der Waals surface area contributed by atoms with Crippen molar-refractivity contribution in [1.82, 2.24) is 0 Å². The summed E-state index contributed by atoms with van der Waals surface area (Å²) in [5.74, 6) is -0.978. The molecule has 0 radical (unpaired) electrons. The van der Waals surface area contributed by atoms with E-state index in [0.717, 1.165) is 40.4 Å². The second-order valence-electron chi connectivity index (χ2n) is 10.1. The Morgan fingerprint density at radius 2 is 0.952 bits per heavy atom. The largest absolute Gasteiger partial charge is 0.288 e. The average Bonchev–Trinajstić information content (AvgIpc) is 3.76. The van der Waals surface area contributed by atoms with E-state index < -0.39 is 0 Å². The molecule has 2 aliphatic carbocycles. The van der Waals surface area contributed by atoms with Crippen LogP contribution in [0.4, 0.5) is 0 Å². The van der Waals surface area contributed by atoms with Crippen LogP contribution in [0, 0.1) is 13.8 Å². The molecule has 42 heavy (non-hydrogen) atoms. The molecule has 2 aromatic carbocycles. The molecule has 0 aliphatic heterocycles. The Labute approximate surface area is 258 Å². The predicted octanol–water partition coefficient (Wildman–Crippen LogP) is 9.40. The standard InChI is InChI=1S/C34H19ClO4S3/c1-16-11-18(13-24-28(36)20-7-3-4-8-21(20)29(24)37)40-32(16)27-15-26(35)34(42-27)33-17(2)12-19(41-33)14-25-30(38)22-9-5-6-10-23(22)31(25)39/h3-15H,1-2H3. The third kappa shape index (κ3) is 4.24. The van der Waals surface area contributed by atoms with E-state index in [0.29, 0.717) is 27.3 Å². The number of rotatable bonds is 4. The van der Waals surface area contributed by atoms with E-state index in [1.54, 1.807) is 72.0 Å². The van der Waals surface area contributed by atoms with Gasteiger partial charge in [-0.3, -0.25) is 19.2 Å². The summed E-state index contributed by atoms with van der Waals surface area (Å²) in [5.41, 5.74) is 4.18. The van der Waals surface area contributed by atoms with Gasteiger partial charge in [0.25, 0.3) is 0 Å². The Hall–Kier alpha value is -4.01. The van der Waals surface area contributed by atoms with Gasteiger partial charge in [-0.2, -0.15) is 0 Å². The molecule has 8 heteroatoms. The first-order chi connectivity index (χ1) is 20.2. The third-order valence-electron chi connectivity index (χ3n) is 7.37. The summed E-state index contributed by atoms with van der Waals surface area (Å²) in [5, 5.41) is 0.615. The summed E-state index contributed by atoms with van der Waals surface area (Å²) in [7, 11) is 0. The maximum atomic E-state index is 12.9. The topological polar surface area (TPSA) is 68.3 Å². The number of aryl methyl sites for hydroxylation is 2. The number of carbonyl (C=O) groups excluding carboxylic acids is 4. The molecule has 0 amide bonds. The fourth-order valence-electron chi connectivity index (χ4n) is 5.35. The number of carbonyl (C=O) groups is 4. The SMILES string of the molecule is Cc1cc(C=C2C(=O)c3ccccc3C2=O)sc1-c1cc(Cl)c(-c2sc(C=C3C(=O)c4ccccc4C3=O)cc2C)s1. The second-order valence-corrected chi connectivity index (χ2v) is 13.8. The first kappa shape index (κ1) is 26.9. The van der Waals surface area contributed by atoms with Crippen molar-refractivity contribution in [2.45, 2.75) is 13.8 Å². The van der Waals surface area contributed by atoms with Crippen LogP contribution in [0.2, 0.25) is 5.02 Å². The molecule has 0 N–H and O–H groups in total.